The van der Waals surface area contributed by atoms with Crippen molar-refractivity contribution < 1.29 is 0 Å². The molecule has 0 bridgehead atoms. The van der Waals surface area contributed by atoms with Gasteiger partial charge in [-0.15, -0.1) is 0 Å². The van der Waals surface area contributed by atoms with Crippen LogP contribution in [-0.4, -0.2) is 35.6 Å². The number of nitrogens with zero attached hydrogens (tertiary/aromatic N) is 1. The van der Waals surface area contributed by atoms with Crippen molar-refractivity contribution in [2.24, 2.45) is 11.8 Å². The summed E-state index contributed by atoms with van der Waals surface area (Å²) in [7, 11) is 0. The van der Waals surface area contributed by atoms with E-state index in [-0.39, 0.29) is 0 Å². The fourth-order valence-corrected chi connectivity index (χ4v) is 3.38. The largest absolute Gasteiger partial charge is 0.311 e. The molecule has 1 N–H and O–H groups in total. The number of hydrogen-bond acceptors (Lipinski definition) is 2. The van der Waals surface area contributed by atoms with Crippen molar-refractivity contribution in [2.45, 2.75) is 71.5 Å². The van der Waals surface area contributed by atoms with Gasteiger partial charge in [-0.05, 0) is 45.4 Å². The van der Waals surface area contributed by atoms with Gasteiger partial charge in [-0.1, -0.05) is 20.3 Å². The monoisotopic (exact) mass is 238 g/mol. The summed E-state index contributed by atoms with van der Waals surface area (Å²) >= 11 is 0. The lowest BCUT2D eigenvalue weighted by Crippen LogP contribution is -2.63. The first-order chi connectivity index (χ1) is 7.96. The van der Waals surface area contributed by atoms with E-state index in [1.165, 1.54) is 25.8 Å². The quantitative estimate of drug-likeness (QED) is 0.810. The first-order valence-corrected chi connectivity index (χ1v) is 7.47. The molecular weight excluding hydrogens is 208 g/mol. The predicted octanol–water partition coefficient (Wildman–Crippen LogP) is 2.88. The van der Waals surface area contributed by atoms with Crippen LogP contribution in [0.15, 0.2) is 0 Å². The number of rotatable bonds is 4. The van der Waals surface area contributed by atoms with Crippen LogP contribution in [0.25, 0.3) is 0 Å². The molecule has 1 heterocycles. The molecule has 0 aromatic heterocycles. The molecule has 2 heteroatoms. The van der Waals surface area contributed by atoms with E-state index in [0.29, 0.717) is 17.6 Å². The van der Waals surface area contributed by atoms with Crippen LogP contribution < -0.4 is 5.32 Å². The fourth-order valence-electron chi connectivity index (χ4n) is 3.38. The first kappa shape index (κ1) is 13.4. The maximum atomic E-state index is 3.74. The minimum absolute atomic E-state index is 0.410. The van der Waals surface area contributed by atoms with Crippen LogP contribution in [0.2, 0.25) is 0 Å². The second kappa shape index (κ2) is 4.89. The van der Waals surface area contributed by atoms with Crippen LogP contribution >= 0.6 is 0 Å². The fraction of sp³-hybridized carbons (Fsp3) is 1.00. The van der Waals surface area contributed by atoms with Crippen molar-refractivity contribution >= 4 is 0 Å². The van der Waals surface area contributed by atoms with Crippen molar-refractivity contribution in [1.29, 1.82) is 0 Å². The molecule has 3 unspecified atom stereocenters. The SMILES string of the molecule is CCC(C)C1CN(C(C)(C)C2CC2)C(C)CN1. The third-order valence-corrected chi connectivity index (χ3v) is 5.25. The van der Waals surface area contributed by atoms with E-state index in [4.69, 9.17) is 0 Å². The molecule has 0 spiro atoms. The van der Waals surface area contributed by atoms with Gasteiger partial charge in [0.2, 0.25) is 0 Å². The molecule has 3 atom stereocenters. The number of hydrogen-bond donors (Lipinski definition) is 1. The molecule has 2 nitrogen and oxygen atoms in total. The molecule has 0 radical (unpaired) electrons. The van der Waals surface area contributed by atoms with Crippen LogP contribution in [0.4, 0.5) is 0 Å². The second-order valence-electron chi connectivity index (χ2n) is 6.83. The van der Waals surface area contributed by atoms with Crippen molar-refractivity contribution in [2.75, 3.05) is 13.1 Å². The Morgan fingerprint density at radius 2 is 2.00 bits per heavy atom. The van der Waals surface area contributed by atoms with E-state index in [2.05, 4.69) is 44.8 Å². The molecule has 1 aliphatic carbocycles. The van der Waals surface area contributed by atoms with Gasteiger partial charge in [0, 0.05) is 30.7 Å². The normalized spacial score (nSPS) is 33.7. The molecule has 1 aliphatic heterocycles. The Kier molecular flexibility index (Phi) is 3.84. The molecule has 2 fully saturated rings. The summed E-state index contributed by atoms with van der Waals surface area (Å²) in [5, 5.41) is 3.74. The minimum atomic E-state index is 0.410. The number of piperazine rings is 1. The van der Waals surface area contributed by atoms with Gasteiger partial charge in [0.05, 0.1) is 0 Å². The molecule has 100 valence electrons. The highest BCUT2D eigenvalue weighted by atomic mass is 15.3. The molecule has 0 amide bonds. The third kappa shape index (κ3) is 2.68. The van der Waals surface area contributed by atoms with E-state index in [9.17, 15) is 0 Å². The molecule has 2 aliphatic rings. The van der Waals surface area contributed by atoms with Crippen LogP contribution in [0.1, 0.15) is 53.9 Å². The lowest BCUT2D eigenvalue weighted by Gasteiger charge is -2.49. The summed E-state index contributed by atoms with van der Waals surface area (Å²) in [6.07, 6.45) is 4.17. The maximum Gasteiger partial charge on any atom is 0.0221 e. The molecule has 0 aromatic rings. The van der Waals surface area contributed by atoms with Crippen LogP contribution in [0.3, 0.4) is 0 Å². The van der Waals surface area contributed by atoms with Gasteiger partial charge < -0.3 is 5.32 Å². The molecule has 0 aromatic carbocycles. The predicted molar refractivity (Wildman–Crippen MR) is 74.2 cm³/mol. The summed E-state index contributed by atoms with van der Waals surface area (Å²) in [5.41, 5.74) is 0.410. The summed E-state index contributed by atoms with van der Waals surface area (Å²) in [6, 6.07) is 1.38. The van der Waals surface area contributed by atoms with Crippen molar-refractivity contribution in [3.8, 4) is 0 Å². The highest BCUT2D eigenvalue weighted by Gasteiger charge is 2.45. The lowest BCUT2D eigenvalue weighted by atomic mass is 9.89. The summed E-state index contributed by atoms with van der Waals surface area (Å²) in [5.74, 6) is 1.74. The van der Waals surface area contributed by atoms with E-state index >= 15 is 0 Å². The van der Waals surface area contributed by atoms with Gasteiger partial charge in [0.15, 0.2) is 0 Å². The van der Waals surface area contributed by atoms with Crippen molar-refractivity contribution in [3.63, 3.8) is 0 Å². The Hall–Kier alpha value is -0.0800. The Morgan fingerprint density at radius 3 is 2.53 bits per heavy atom. The molecule has 17 heavy (non-hydrogen) atoms. The second-order valence-corrected chi connectivity index (χ2v) is 6.83. The summed E-state index contributed by atoms with van der Waals surface area (Å²) in [4.78, 5) is 2.78. The average Bonchev–Trinajstić information content (AvgIpc) is 3.12. The van der Waals surface area contributed by atoms with E-state index in [1.54, 1.807) is 0 Å². The van der Waals surface area contributed by atoms with Gasteiger partial charge >= 0.3 is 0 Å². The average molecular weight is 238 g/mol. The van der Waals surface area contributed by atoms with Gasteiger partial charge in [0.1, 0.15) is 0 Å². The van der Waals surface area contributed by atoms with E-state index in [0.717, 1.165) is 18.4 Å². The Morgan fingerprint density at radius 1 is 1.35 bits per heavy atom. The van der Waals surface area contributed by atoms with Crippen molar-refractivity contribution in [1.82, 2.24) is 10.2 Å². The molecule has 1 saturated heterocycles. The van der Waals surface area contributed by atoms with Gasteiger partial charge in [-0.2, -0.15) is 0 Å². The Bertz CT molecular complexity index is 258. The summed E-state index contributed by atoms with van der Waals surface area (Å²) < 4.78 is 0. The van der Waals surface area contributed by atoms with Gasteiger partial charge in [-0.25, -0.2) is 0 Å². The lowest BCUT2D eigenvalue weighted by molar-refractivity contribution is 0.0148. The zero-order valence-corrected chi connectivity index (χ0v) is 12.3. The maximum absolute atomic E-state index is 3.74. The topological polar surface area (TPSA) is 15.3 Å². The van der Waals surface area contributed by atoms with Crippen LogP contribution in [-0.2, 0) is 0 Å². The number of nitrogens with one attached hydrogen (secondary N) is 1. The van der Waals surface area contributed by atoms with Gasteiger partial charge in [-0.3, -0.25) is 4.90 Å². The highest BCUT2D eigenvalue weighted by Crippen LogP contribution is 2.44. The minimum Gasteiger partial charge on any atom is -0.311 e. The smallest absolute Gasteiger partial charge is 0.0221 e. The standard InChI is InChI=1S/C15H30N2/c1-6-11(2)14-10-17(12(3)9-16-14)15(4,5)13-7-8-13/h11-14,16H,6-10H2,1-5H3. The zero-order chi connectivity index (χ0) is 12.6. The van der Waals surface area contributed by atoms with Crippen LogP contribution in [0, 0.1) is 11.8 Å². The Balaban J connectivity index is 2.04. The highest BCUT2D eigenvalue weighted by molar-refractivity contribution is 5.01. The van der Waals surface area contributed by atoms with Crippen LogP contribution in [0.5, 0.6) is 0 Å². The Labute approximate surface area is 107 Å². The first-order valence-electron chi connectivity index (χ1n) is 7.47. The summed E-state index contributed by atoms with van der Waals surface area (Å²) in [6.45, 7) is 14.4. The van der Waals surface area contributed by atoms with E-state index in [1.807, 2.05) is 0 Å². The molecular formula is C15H30N2. The van der Waals surface area contributed by atoms with Gasteiger partial charge in [0.25, 0.3) is 0 Å². The zero-order valence-electron chi connectivity index (χ0n) is 12.3. The van der Waals surface area contributed by atoms with E-state index < -0.39 is 0 Å². The molecule has 2 rings (SSSR count). The van der Waals surface area contributed by atoms with Crippen molar-refractivity contribution in [3.05, 3.63) is 0 Å². The third-order valence-electron chi connectivity index (χ3n) is 5.25. The molecule has 1 saturated carbocycles.